The molecule has 4 heteroatoms. The van der Waals surface area contributed by atoms with Crippen molar-refractivity contribution in [3.8, 4) is 0 Å². The van der Waals surface area contributed by atoms with E-state index >= 15 is 0 Å². The first-order valence-electron chi connectivity index (χ1n) is 6.10. The van der Waals surface area contributed by atoms with Crippen molar-refractivity contribution in [1.29, 1.82) is 0 Å². The van der Waals surface area contributed by atoms with Gasteiger partial charge in [-0.3, -0.25) is 4.57 Å². The zero-order valence-corrected chi connectivity index (χ0v) is 10.2. The van der Waals surface area contributed by atoms with E-state index in [1.807, 2.05) is 16.7 Å². The van der Waals surface area contributed by atoms with E-state index in [9.17, 15) is 4.79 Å². The van der Waals surface area contributed by atoms with E-state index in [2.05, 4.69) is 30.2 Å². The fourth-order valence-electron chi connectivity index (χ4n) is 2.56. The van der Waals surface area contributed by atoms with Gasteiger partial charge in [-0.15, -0.1) is 0 Å². The molecule has 0 saturated heterocycles. The number of H-pyrrole nitrogens is 1. The van der Waals surface area contributed by atoms with Crippen molar-refractivity contribution in [1.82, 2.24) is 14.9 Å². The highest BCUT2D eigenvalue weighted by atomic mass is 16.1. The Balaban J connectivity index is 2.22. The average molecular weight is 231 g/mol. The predicted octanol–water partition coefficient (Wildman–Crippen LogP) is 1.46. The van der Waals surface area contributed by atoms with E-state index in [1.54, 1.807) is 0 Å². The maximum absolute atomic E-state index is 12.0. The Morgan fingerprint density at radius 3 is 3.00 bits per heavy atom. The number of hydrogen-bond acceptors (Lipinski definition) is 2. The molecule has 2 heterocycles. The van der Waals surface area contributed by atoms with Gasteiger partial charge in [-0.1, -0.05) is 26.0 Å². The number of rotatable bonds is 1. The molecule has 1 atom stereocenters. The summed E-state index contributed by atoms with van der Waals surface area (Å²) in [4.78, 5) is 14.9. The molecule has 1 unspecified atom stereocenters. The van der Waals surface area contributed by atoms with Crippen LogP contribution in [0.1, 0.15) is 19.4 Å². The van der Waals surface area contributed by atoms with Gasteiger partial charge in [0.25, 0.3) is 0 Å². The van der Waals surface area contributed by atoms with Crippen LogP contribution >= 0.6 is 0 Å². The summed E-state index contributed by atoms with van der Waals surface area (Å²) in [7, 11) is 0. The van der Waals surface area contributed by atoms with Crippen LogP contribution in [0.3, 0.4) is 0 Å². The van der Waals surface area contributed by atoms with Gasteiger partial charge in [0.2, 0.25) is 0 Å². The third-order valence-electron chi connectivity index (χ3n) is 3.61. The molecule has 1 aromatic heterocycles. The highest BCUT2D eigenvalue weighted by Gasteiger charge is 2.21. The van der Waals surface area contributed by atoms with Crippen molar-refractivity contribution in [3.05, 3.63) is 34.2 Å². The first kappa shape index (κ1) is 10.6. The van der Waals surface area contributed by atoms with Gasteiger partial charge in [-0.2, -0.15) is 0 Å². The summed E-state index contributed by atoms with van der Waals surface area (Å²) in [5.74, 6) is 0.515. The average Bonchev–Trinajstić information content (AvgIpc) is 2.49. The Bertz CT molecular complexity index is 609. The van der Waals surface area contributed by atoms with Gasteiger partial charge in [-0.05, 0) is 17.5 Å². The predicted molar refractivity (Wildman–Crippen MR) is 68.0 cm³/mol. The third-order valence-corrected chi connectivity index (χ3v) is 3.61. The zero-order valence-electron chi connectivity index (χ0n) is 10.2. The first-order chi connectivity index (χ1) is 8.16. The van der Waals surface area contributed by atoms with Crippen molar-refractivity contribution in [2.24, 2.45) is 5.92 Å². The fraction of sp³-hybridized carbons (Fsp3) is 0.462. The molecule has 1 aliphatic rings. The minimum Gasteiger partial charge on any atom is -0.308 e. The van der Waals surface area contributed by atoms with Gasteiger partial charge >= 0.3 is 5.69 Å². The van der Waals surface area contributed by atoms with Gasteiger partial charge in [0.05, 0.1) is 11.0 Å². The summed E-state index contributed by atoms with van der Waals surface area (Å²) >= 11 is 0. The number of benzene rings is 1. The van der Waals surface area contributed by atoms with Crippen LogP contribution in [0, 0.1) is 5.92 Å². The Kier molecular flexibility index (Phi) is 2.33. The van der Waals surface area contributed by atoms with Crippen LogP contribution in [0.25, 0.3) is 11.0 Å². The van der Waals surface area contributed by atoms with E-state index in [4.69, 9.17) is 0 Å². The number of nitrogens with one attached hydrogen (secondary N) is 2. The van der Waals surface area contributed by atoms with Crippen LogP contribution < -0.4 is 11.0 Å². The molecule has 1 aromatic carbocycles. The van der Waals surface area contributed by atoms with E-state index in [1.165, 1.54) is 5.56 Å². The third kappa shape index (κ3) is 1.60. The van der Waals surface area contributed by atoms with E-state index in [0.717, 1.165) is 24.1 Å². The van der Waals surface area contributed by atoms with Crippen LogP contribution in [0.2, 0.25) is 0 Å². The van der Waals surface area contributed by atoms with Gasteiger partial charge in [-0.25, -0.2) is 4.79 Å². The molecule has 0 bridgehead atoms. The second kappa shape index (κ2) is 3.74. The lowest BCUT2D eigenvalue weighted by Crippen LogP contribution is -2.37. The molecule has 0 radical (unpaired) electrons. The molecule has 2 N–H and O–H groups in total. The number of nitrogens with zero attached hydrogens (tertiary/aromatic N) is 1. The lowest BCUT2D eigenvalue weighted by atomic mass is 10.0. The molecule has 0 fully saturated rings. The second-order valence-corrected chi connectivity index (χ2v) is 5.09. The Hall–Kier alpha value is -1.55. The smallest absolute Gasteiger partial charge is 0.308 e. The van der Waals surface area contributed by atoms with Crippen molar-refractivity contribution < 1.29 is 0 Å². The largest absolute Gasteiger partial charge is 0.326 e. The standard InChI is InChI=1S/C13H17N3O/c1-8(2)11-7-16-12-9(6-14-11)4-3-5-10(12)15-13(16)17/h3-5,8,11,14H,6-7H2,1-2H3,(H,15,17). The lowest BCUT2D eigenvalue weighted by Gasteiger charge is -2.20. The van der Waals surface area contributed by atoms with E-state index < -0.39 is 0 Å². The van der Waals surface area contributed by atoms with Gasteiger partial charge in [0.1, 0.15) is 0 Å². The molecule has 0 spiro atoms. The number of para-hydroxylation sites is 1. The van der Waals surface area contributed by atoms with Crippen LogP contribution in [-0.4, -0.2) is 15.6 Å². The van der Waals surface area contributed by atoms with E-state index in [0.29, 0.717) is 12.0 Å². The summed E-state index contributed by atoms with van der Waals surface area (Å²) in [5.41, 5.74) is 3.21. The summed E-state index contributed by atoms with van der Waals surface area (Å²) in [5, 5.41) is 3.53. The fourth-order valence-corrected chi connectivity index (χ4v) is 2.56. The Morgan fingerprint density at radius 1 is 1.41 bits per heavy atom. The van der Waals surface area contributed by atoms with Gasteiger partial charge in [0, 0.05) is 19.1 Å². The lowest BCUT2D eigenvalue weighted by molar-refractivity contribution is 0.362. The number of aromatic amines is 1. The normalized spacial score (nSPS) is 19.8. The summed E-state index contributed by atoms with van der Waals surface area (Å²) < 4.78 is 1.87. The van der Waals surface area contributed by atoms with Crippen molar-refractivity contribution in [3.63, 3.8) is 0 Å². The van der Waals surface area contributed by atoms with E-state index in [-0.39, 0.29) is 5.69 Å². The molecule has 0 saturated carbocycles. The number of hydrogen-bond donors (Lipinski definition) is 2. The minimum atomic E-state index is 0.00167. The highest BCUT2D eigenvalue weighted by molar-refractivity contribution is 5.79. The summed E-state index contributed by atoms with van der Waals surface area (Å²) in [6.45, 7) is 5.94. The zero-order chi connectivity index (χ0) is 12.0. The SMILES string of the molecule is CC(C)C1Cn2c(=O)[nH]c3cccc(c32)CN1. The topological polar surface area (TPSA) is 49.8 Å². The van der Waals surface area contributed by atoms with Crippen LogP contribution in [-0.2, 0) is 13.1 Å². The second-order valence-electron chi connectivity index (χ2n) is 5.09. The first-order valence-corrected chi connectivity index (χ1v) is 6.10. The molecule has 0 amide bonds. The van der Waals surface area contributed by atoms with Crippen LogP contribution in [0.4, 0.5) is 0 Å². The number of imidazole rings is 1. The van der Waals surface area contributed by atoms with Crippen molar-refractivity contribution >= 4 is 11.0 Å². The molecule has 3 rings (SSSR count). The Labute approximate surface area is 99.6 Å². The maximum atomic E-state index is 12.0. The maximum Gasteiger partial charge on any atom is 0.326 e. The van der Waals surface area contributed by atoms with Gasteiger partial charge in [0.15, 0.2) is 0 Å². The molecular weight excluding hydrogens is 214 g/mol. The number of aromatic nitrogens is 2. The quantitative estimate of drug-likeness (QED) is 0.780. The Morgan fingerprint density at radius 2 is 2.24 bits per heavy atom. The minimum absolute atomic E-state index is 0.00167. The summed E-state index contributed by atoms with van der Waals surface area (Å²) in [6, 6.07) is 6.39. The monoisotopic (exact) mass is 231 g/mol. The molecular formula is C13H17N3O. The van der Waals surface area contributed by atoms with Crippen molar-refractivity contribution in [2.75, 3.05) is 0 Å². The molecule has 1 aliphatic heterocycles. The molecule has 0 aliphatic carbocycles. The van der Waals surface area contributed by atoms with Gasteiger partial charge < -0.3 is 10.3 Å². The molecule has 17 heavy (non-hydrogen) atoms. The molecule has 90 valence electrons. The van der Waals surface area contributed by atoms with Crippen LogP contribution in [0.15, 0.2) is 23.0 Å². The highest BCUT2D eigenvalue weighted by Crippen LogP contribution is 2.20. The summed E-state index contributed by atoms with van der Waals surface area (Å²) in [6.07, 6.45) is 0. The molecule has 2 aromatic rings. The van der Waals surface area contributed by atoms with Crippen LogP contribution in [0.5, 0.6) is 0 Å². The molecule has 4 nitrogen and oxygen atoms in total. The van der Waals surface area contributed by atoms with Crippen molar-refractivity contribution in [2.45, 2.75) is 33.0 Å².